The molecule has 4 aromatic carbocycles. The van der Waals surface area contributed by atoms with Gasteiger partial charge in [-0.3, -0.25) is 37.4 Å². The lowest BCUT2D eigenvalue weighted by atomic mass is 9.78. The van der Waals surface area contributed by atoms with Gasteiger partial charge in [0.25, 0.3) is 22.2 Å². The van der Waals surface area contributed by atoms with Gasteiger partial charge in [0.15, 0.2) is 22.7 Å². The van der Waals surface area contributed by atoms with Crippen molar-refractivity contribution in [1.82, 2.24) is 18.3 Å². The van der Waals surface area contributed by atoms with Crippen molar-refractivity contribution >= 4 is 69.4 Å². The molecular weight excluding hydrogens is 1810 g/mol. The predicted molar refractivity (Wildman–Crippen MR) is 551 cm³/mol. The number of carbonyl (C=O) groups excluding carboxylic acids is 4. The van der Waals surface area contributed by atoms with E-state index in [1.54, 1.807) is 72.8 Å². The molecule has 0 bridgehead atoms. The summed E-state index contributed by atoms with van der Waals surface area (Å²) in [6.07, 6.45) is 43.7. The first-order chi connectivity index (χ1) is 69.2. The lowest BCUT2D eigenvalue weighted by molar-refractivity contribution is -0.0167. The minimum Gasteiger partial charge on any atom is -0.493 e. The summed E-state index contributed by atoms with van der Waals surface area (Å²) in [5.74, 6) is -2.98. The van der Waals surface area contributed by atoms with E-state index in [2.05, 4.69) is 68.6 Å². The van der Waals surface area contributed by atoms with E-state index in [9.17, 15) is 79.8 Å². The number of esters is 4. The van der Waals surface area contributed by atoms with Crippen molar-refractivity contribution in [2.24, 2.45) is 78.7 Å². The number of pyridine rings is 4. The van der Waals surface area contributed by atoms with E-state index in [1.807, 2.05) is 38.1 Å². The van der Waals surface area contributed by atoms with Gasteiger partial charge in [0.05, 0.1) is 35.5 Å². The molecule has 32 nitrogen and oxygen atoms in total. The number of nitrogens with zero attached hydrogens (tertiary/aromatic N) is 16. The summed E-state index contributed by atoms with van der Waals surface area (Å²) in [6.45, 7) is 18.8. The van der Waals surface area contributed by atoms with Crippen LogP contribution in [0.2, 0.25) is 0 Å². The Bertz CT molecular complexity index is 5730. The van der Waals surface area contributed by atoms with E-state index in [0.29, 0.717) is 13.2 Å². The molecule has 0 saturated heterocycles. The summed E-state index contributed by atoms with van der Waals surface area (Å²) in [5.41, 5.74) is -1.86. The highest BCUT2D eigenvalue weighted by atomic mass is 16.7. The van der Waals surface area contributed by atoms with Gasteiger partial charge in [0.1, 0.15) is 69.3 Å². The zero-order valence-corrected chi connectivity index (χ0v) is 85.8. The number of nitriles is 4. The monoisotopic (exact) mass is 1960 g/mol. The molecule has 143 heavy (non-hydrogen) atoms. The summed E-state index contributed by atoms with van der Waals surface area (Å²) in [5, 5.41) is 114. The van der Waals surface area contributed by atoms with Gasteiger partial charge in [-0.05, 0) is 126 Å². The predicted octanol–water partition coefficient (Wildman–Crippen LogP) is 27.7. The molecule has 766 valence electrons. The van der Waals surface area contributed by atoms with Crippen LogP contribution in [0.25, 0.3) is 0 Å². The maximum Gasteiger partial charge on any atom is 0.343 e. The summed E-state index contributed by atoms with van der Waals surface area (Å²) in [7, 11) is 2.70. The summed E-state index contributed by atoms with van der Waals surface area (Å²) < 4.78 is 26.0. The van der Waals surface area contributed by atoms with Crippen molar-refractivity contribution in [3.05, 3.63) is 205 Å². The molecule has 0 fully saturated rings. The molecule has 4 heterocycles. The van der Waals surface area contributed by atoms with Crippen molar-refractivity contribution in [1.29, 1.82) is 21.0 Å². The molecule has 0 radical (unpaired) electrons. The lowest BCUT2D eigenvalue weighted by Gasteiger charge is -2.28. The third-order valence-electron chi connectivity index (χ3n) is 26.6. The van der Waals surface area contributed by atoms with E-state index in [-0.39, 0.29) is 137 Å². The first-order valence-corrected chi connectivity index (χ1v) is 51.3. The van der Waals surface area contributed by atoms with Crippen LogP contribution in [0.1, 0.15) is 371 Å². The molecule has 0 aliphatic rings. The number of aromatic hydroxyl groups is 4. The van der Waals surface area contributed by atoms with Crippen molar-refractivity contribution in [3.63, 3.8) is 0 Å². The number of carbonyl (C=O) groups is 4. The Morgan fingerprint density at radius 2 is 0.545 bits per heavy atom. The largest absolute Gasteiger partial charge is 0.493 e. The van der Waals surface area contributed by atoms with Crippen LogP contribution in [0.4, 0.5) is 45.5 Å². The number of hydrogen-bond donors (Lipinski definition) is 4. The van der Waals surface area contributed by atoms with E-state index in [4.69, 9.17) is 18.9 Å². The number of hydrogen-bond acceptors (Lipinski definition) is 28. The fraction of sp³-hybridized carbons (Fsp3) is 0.532. The van der Waals surface area contributed by atoms with Gasteiger partial charge >= 0.3 is 23.9 Å². The Labute approximate surface area is 840 Å². The second-order valence-corrected chi connectivity index (χ2v) is 36.8. The van der Waals surface area contributed by atoms with Gasteiger partial charge in [0, 0.05) is 49.4 Å². The average Bonchev–Trinajstić information content (AvgIpc) is 0.784. The molecule has 32 heteroatoms. The number of aromatic nitrogens is 4. The van der Waals surface area contributed by atoms with Crippen molar-refractivity contribution < 1.29 is 58.6 Å². The first kappa shape index (κ1) is 116. The van der Waals surface area contributed by atoms with Gasteiger partial charge in [-0.1, -0.05) is 308 Å². The van der Waals surface area contributed by atoms with Crippen LogP contribution in [0.15, 0.2) is 157 Å². The SMILES string of the molecule is CCCCC(CC)Cn1c(O)c(C#N)c(C)c(N=Nc2ccccc2C(=O)OCOC(=O)c2ccccc2N=Nc2c(C)c(C#N)c(O)n(CC(CC)CCCC)c2=O)c1=O.CCCCCCCCCC(CCCCCCCCOC(=O)c1ccccc1N=Nc1c(C)c(C#N)c(O)n(C)c1=O)C(CCCCCCCCC)CCCCCCCCOC(=O)c1ccccc1N=Nc1c(C)c(C#N)c(O)n(C)c1=O. The van der Waals surface area contributed by atoms with Gasteiger partial charge in [-0.2, -0.15) is 21.0 Å². The quantitative estimate of drug-likeness (QED) is 0.00904. The smallest absolute Gasteiger partial charge is 0.343 e. The van der Waals surface area contributed by atoms with Crippen molar-refractivity contribution in [2.45, 2.75) is 326 Å². The Balaban J connectivity index is 0.000000405. The van der Waals surface area contributed by atoms with Crippen LogP contribution in [0.3, 0.4) is 0 Å². The zero-order chi connectivity index (χ0) is 104. The van der Waals surface area contributed by atoms with E-state index in [0.717, 1.165) is 133 Å². The minimum absolute atomic E-state index is 0.0187. The number of benzene rings is 4. The Morgan fingerprint density at radius 3 is 0.811 bits per heavy atom. The highest BCUT2D eigenvalue weighted by Crippen LogP contribution is 2.38. The maximum absolute atomic E-state index is 13.6. The van der Waals surface area contributed by atoms with E-state index >= 15 is 0 Å². The highest BCUT2D eigenvalue weighted by molar-refractivity contribution is 5.97. The van der Waals surface area contributed by atoms with Crippen LogP contribution < -0.4 is 22.2 Å². The van der Waals surface area contributed by atoms with Crippen LogP contribution in [0, 0.1) is 96.7 Å². The number of rotatable bonds is 61. The van der Waals surface area contributed by atoms with Gasteiger partial charge < -0.3 is 39.4 Å². The Kier molecular flexibility index (Phi) is 51.2. The molecule has 4 unspecified atom stereocenters. The normalized spacial score (nSPS) is 12.2. The van der Waals surface area contributed by atoms with Crippen LogP contribution in [-0.4, -0.2) is 82.6 Å². The number of unbranched alkanes of at least 4 members (excludes halogenated alkanes) is 24. The highest BCUT2D eigenvalue weighted by Gasteiger charge is 2.29. The fourth-order valence-electron chi connectivity index (χ4n) is 17.6. The maximum atomic E-state index is 13.6. The molecule has 0 aliphatic carbocycles. The van der Waals surface area contributed by atoms with Gasteiger partial charge in [-0.15, -0.1) is 40.9 Å². The van der Waals surface area contributed by atoms with Crippen molar-refractivity contribution in [3.8, 4) is 47.8 Å². The third-order valence-corrected chi connectivity index (χ3v) is 26.6. The molecule has 0 spiro atoms. The molecule has 0 amide bonds. The summed E-state index contributed by atoms with van der Waals surface area (Å²) in [4.78, 5) is 106. The Hall–Kier alpha value is -13.9. The number of ether oxygens (including phenoxy) is 4. The second-order valence-electron chi connectivity index (χ2n) is 36.8. The third kappa shape index (κ3) is 34.8. The van der Waals surface area contributed by atoms with Crippen molar-refractivity contribution in [2.75, 3.05) is 20.0 Å². The molecule has 4 atom stereocenters. The summed E-state index contributed by atoms with van der Waals surface area (Å²) in [6, 6.07) is 33.0. The zero-order valence-electron chi connectivity index (χ0n) is 85.8. The molecule has 4 aromatic heterocycles. The first-order valence-electron chi connectivity index (χ1n) is 51.3. The topological polar surface area (TPSA) is 468 Å². The molecule has 0 saturated carbocycles. The number of azo groups is 4. The average molecular weight is 1960 g/mol. The van der Waals surface area contributed by atoms with E-state index in [1.165, 1.54) is 207 Å². The van der Waals surface area contributed by atoms with Crippen LogP contribution in [0.5, 0.6) is 23.5 Å². The van der Waals surface area contributed by atoms with Gasteiger partial charge in [-0.25, -0.2) is 19.2 Å². The minimum atomic E-state index is -0.929. The lowest BCUT2D eigenvalue weighted by Crippen LogP contribution is -2.25. The molecule has 8 aromatic rings. The second kappa shape index (κ2) is 63.1. The molecule has 8 rings (SSSR count). The van der Waals surface area contributed by atoms with Crippen LogP contribution in [-0.2, 0) is 46.1 Å². The Morgan fingerprint density at radius 1 is 0.308 bits per heavy atom. The fourth-order valence-corrected chi connectivity index (χ4v) is 17.6. The molecular formula is C111H146N16O16. The summed E-state index contributed by atoms with van der Waals surface area (Å²) >= 11 is 0. The molecule has 4 N–H and O–H groups in total. The van der Waals surface area contributed by atoms with Gasteiger partial charge in [0.2, 0.25) is 30.3 Å². The van der Waals surface area contributed by atoms with E-state index < -0.39 is 76.4 Å². The van der Waals surface area contributed by atoms with Crippen LogP contribution >= 0.6 is 0 Å². The standard InChI is InChI=1S/C66H94N8O8.C45H52N8O8/c1-7-9-11-13-15-21-27-37-51(39-29-23-17-19-25-35-45-81-65(79)53-41-31-33-43-57(53)69-71-59-49(3)55(47-67)61(75)73(5)63(59)77)52(38-28-22-16-14-12-10-8-2)40-30-24-18-20-26-36-46-82-66(80)54-42-32-34-44-58(54)70-72-60-50(4)56(48-68)62(76)74(6)64(60)78;1-7-11-17-30(9-3)25-52-40(54)34(23-46)28(5)38(42(52)56)50-48-36-21-15-13-19-32(36)44(58)60-27-61-45(59)33-20-14-16-22-37(33)49-51-39-29(6)35(24-47)41(55)53(43(39)57)26-31(10-4)18-12-8-2/h31-34,41-44,51-52,75-76H,7-30,35-40,45-46H2,1-6H3;13-16,19-22,30-31,54-55H,7-12,17-18,25-27H2,1-6H3. The molecule has 0 aliphatic heterocycles.